The van der Waals surface area contributed by atoms with Gasteiger partial charge in [-0.3, -0.25) is 4.79 Å². The van der Waals surface area contributed by atoms with Crippen LogP contribution in [0.4, 0.5) is 5.69 Å². The minimum atomic E-state index is -0.522. The minimum absolute atomic E-state index is 0.0430. The number of carbonyl (C=O) groups excluding carboxylic acids is 1. The lowest BCUT2D eigenvalue weighted by molar-refractivity contribution is -0.112. The molecule has 4 rings (SSSR count). The summed E-state index contributed by atoms with van der Waals surface area (Å²) in [6, 6.07) is 26.8. The zero-order chi connectivity index (χ0) is 25.5. The largest absolute Gasteiger partial charge is 0.490 e. The van der Waals surface area contributed by atoms with Gasteiger partial charge < -0.3 is 14.8 Å². The Morgan fingerprint density at radius 3 is 2.58 bits per heavy atom. The maximum Gasteiger partial charge on any atom is 0.266 e. The number of ether oxygens (including phenoxy) is 2. The van der Waals surface area contributed by atoms with Crippen LogP contribution in [0.3, 0.4) is 0 Å². The highest BCUT2D eigenvalue weighted by Gasteiger charge is 2.13. The predicted octanol–water partition coefficient (Wildman–Crippen LogP) is 7.33. The molecule has 0 aromatic heterocycles. The maximum absolute atomic E-state index is 12.7. The Kier molecular flexibility index (Phi) is 7.89. The Bertz CT molecular complexity index is 1480. The van der Waals surface area contributed by atoms with Crippen LogP contribution in [0.25, 0.3) is 16.8 Å². The average molecular weight is 497 g/mol. The number of amides is 1. The van der Waals surface area contributed by atoms with Gasteiger partial charge in [0.15, 0.2) is 11.5 Å². The third-order valence-corrected chi connectivity index (χ3v) is 6.04. The summed E-state index contributed by atoms with van der Waals surface area (Å²) in [4.78, 5) is 12.7. The zero-order valence-corrected chi connectivity index (χ0v) is 20.8. The number of anilines is 1. The molecule has 36 heavy (non-hydrogen) atoms. The summed E-state index contributed by atoms with van der Waals surface area (Å²) < 4.78 is 11.9. The fraction of sp³-hybridized carbons (Fsp3) is 0.133. The first-order chi connectivity index (χ1) is 17.5. The molecule has 0 unspecified atom stereocenters. The molecule has 0 radical (unpaired) electrons. The molecule has 1 N–H and O–H groups in total. The molecule has 0 saturated carbocycles. The molecule has 5 nitrogen and oxygen atoms in total. The normalized spacial score (nSPS) is 11.1. The summed E-state index contributed by atoms with van der Waals surface area (Å²) in [7, 11) is 0. The third kappa shape index (κ3) is 5.86. The molecule has 180 valence electrons. The van der Waals surface area contributed by atoms with E-state index in [0.29, 0.717) is 41.0 Å². The highest BCUT2D eigenvalue weighted by atomic mass is 35.5. The van der Waals surface area contributed by atoms with Crippen LogP contribution in [0.5, 0.6) is 11.5 Å². The van der Waals surface area contributed by atoms with Crippen molar-refractivity contribution in [2.45, 2.75) is 20.5 Å². The van der Waals surface area contributed by atoms with Gasteiger partial charge in [0.25, 0.3) is 5.91 Å². The first kappa shape index (κ1) is 24.8. The van der Waals surface area contributed by atoms with Gasteiger partial charge in [-0.25, -0.2) is 0 Å². The summed E-state index contributed by atoms with van der Waals surface area (Å²) >= 11 is 6.14. The Labute approximate surface area is 215 Å². The topological polar surface area (TPSA) is 71.3 Å². The number of benzene rings is 4. The van der Waals surface area contributed by atoms with Gasteiger partial charge >= 0.3 is 0 Å². The van der Waals surface area contributed by atoms with Gasteiger partial charge in [0.1, 0.15) is 18.2 Å². The van der Waals surface area contributed by atoms with E-state index in [0.717, 1.165) is 21.9 Å². The summed E-state index contributed by atoms with van der Waals surface area (Å²) in [6.45, 7) is 4.58. The van der Waals surface area contributed by atoms with Gasteiger partial charge in [0.05, 0.1) is 6.61 Å². The van der Waals surface area contributed by atoms with Gasteiger partial charge in [0, 0.05) is 10.7 Å². The number of nitriles is 1. The van der Waals surface area contributed by atoms with E-state index >= 15 is 0 Å². The Balaban J connectivity index is 1.54. The number of hydrogen-bond acceptors (Lipinski definition) is 4. The Morgan fingerprint density at radius 1 is 1.00 bits per heavy atom. The first-order valence-electron chi connectivity index (χ1n) is 11.5. The van der Waals surface area contributed by atoms with Gasteiger partial charge in [-0.2, -0.15) is 5.26 Å². The molecular weight excluding hydrogens is 472 g/mol. The molecule has 0 heterocycles. The SMILES string of the molecule is CCOc1cc(/C=C(\C#N)C(=O)Nc2ccc(C)c(Cl)c2)ccc1OCc1cccc2ccccc12. The van der Waals surface area contributed by atoms with E-state index in [9.17, 15) is 10.1 Å². The van der Waals surface area contributed by atoms with Crippen LogP contribution in [0.2, 0.25) is 5.02 Å². The molecule has 6 heteroatoms. The summed E-state index contributed by atoms with van der Waals surface area (Å²) in [6.07, 6.45) is 1.52. The molecule has 4 aromatic rings. The molecule has 0 atom stereocenters. The first-order valence-corrected chi connectivity index (χ1v) is 11.9. The number of hydrogen-bond donors (Lipinski definition) is 1. The minimum Gasteiger partial charge on any atom is -0.490 e. The van der Waals surface area contributed by atoms with Crippen LogP contribution >= 0.6 is 11.6 Å². The fourth-order valence-corrected chi connectivity index (χ4v) is 3.94. The second-order valence-corrected chi connectivity index (χ2v) is 8.56. The lowest BCUT2D eigenvalue weighted by Crippen LogP contribution is -2.13. The van der Waals surface area contributed by atoms with Crippen LogP contribution in [0.1, 0.15) is 23.6 Å². The average Bonchev–Trinajstić information content (AvgIpc) is 2.89. The number of nitrogens with one attached hydrogen (secondary N) is 1. The lowest BCUT2D eigenvalue weighted by atomic mass is 10.1. The fourth-order valence-electron chi connectivity index (χ4n) is 3.76. The summed E-state index contributed by atoms with van der Waals surface area (Å²) in [5, 5.41) is 15.1. The van der Waals surface area contributed by atoms with Crippen molar-refractivity contribution in [2.24, 2.45) is 0 Å². The van der Waals surface area contributed by atoms with Crippen LogP contribution in [-0.4, -0.2) is 12.5 Å². The zero-order valence-electron chi connectivity index (χ0n) is 20.0. The quantitative estimate of drug-likeness (QED) is 0.205. The van der Waals surface area contributed by atoms with Crippen LogP contribution in [0.15, 0.2) is 84.4 Å². The molecule has 4 aromatic carbocycles. The van der Waals surface area contributed by atoms with E-state index in [2.05, 4.69) is 23.5 Å². The number of nitrogens with zero attached hydrogens (tertiary/aromatic N) is 1. The van der Waals surface area contributed by atoms with Crippen LogP contribution in [-0.2, 0) is 11.4 Å². The predicted molar refractivity (Wildman–Crippen MR) is 144 cm³/mol. The summed E-state index contributed by atoms with van der Waals surface area (Å²) in [5.41, 5.74) is 3.09. The molecule has 0 bridgehead atoms. The van der Waals surface area contributed by atoms with Crippen molar-refractivity contribution in [1.82, 2.24) is 0 Å². The smallest absolute Gasteiger partial charge is 0.266 e. The van der Waals surface area contributed by atoms with Crippen molar-refractivity contribution >= 4 is 40.0 Å². The highest BCUT2D eigenvalue weighted by molar-refractivity contribution is 6.31. The van der Waals surface area contributed by atoms with Gasteiger partial charge in [-0.05, 0) is 71.7 Å². The van der Waals surface area contributed by atoms with Crippen molar-refractivity contribution in [2.75, 3.05) is 11.9 Å². The van der Waals surface area contributed by atoms with Gasteiger partial charge in [-0.1, -0.05) is 66.2 Å². The molecule has 0 aliphatic rings. The number of halogens is 1. The van der Waals surface area contributed by atoms with Crippen LogP contribution in [0, 0.1) is 18.3 Å². The molecule has 0 fully saturated rings. The van der Waals surface area contributed by atoms with Crippen molar-refractivity contribution < 1.29 is 14.3 Å². The molecule has 1 amide bonds. The third-order valence-electron chi connectivity index (χ3n) is 5.64. The van der Waals surface area contributed by atoms with Gasteiger partial charge in [-0.15, -0.1) is 0 Å². The maximum atomic E-state index is 12.7. The van der Waals surface area contributed by atoms with E-state index in [1.165, 1.54) is 6.08 Å². The van der Waals surface area contributed by atoms with Crippen molar-refractivity contribution in [3.05, 3.63) is 106 Å². The molecule has 0 aliphatic heterocycles. The van der Waals surface area contributed by atoms with Crippen molar-refractivity contribution in [1.29, 1.82) is 5.26 Å². The van der Waals surface area contributed by atoms with E-state index in [1.807, 2.05) is 44.2 Å². The Morgan fingerprint density at radius 2 is 1.81 bits per heavy atom. The van der Waals surface area contributed by atoms with Crippen LogP contribution < -0.4 is 14.8 Å². The number of rotatable bonds is 8. The van der Waals surface area contributed by atoms with E-state index in [1.54, 1.807) is 36.4 Å². The van der Waals surface area contributed by atoms with E-state index in [4.69, 9.17) is 21.1 Å². The number of aryl methyl sites for hydroxylation is 1. The monoisotopic (exact) mass is 496 g/mol. The molecule has 0 saturated heterocycles. The lowest BCUT2D eigenvalue weighted by Gasteiger charge is -2.14. The number of fused-ring (bicyclic) bond motifs is 1. The van der Waals surface area contributed by atoms with E-state index in [-0.39, 0.29) is 5.57 Å². The second kappa shape index (κ2) is 11.4. The Hall–Kier alpha value is -4.27. The second-order valence-electron chi connectivity index (χ2n) is 8.15. The van der Waals surface area contributed by atoms with Crippen molar-refractivity contribution in [3.63, 3.8) is 0 Å². The molecule has 0 spiro atoms. The molecular formula is C30H25ClN2O3. The standard InChI is InChI=1S/C30H25ClN2O3/c1-3-35-29-16-21(15-24(18-32)30(34)33-25-13-11-20(2)27(31)17-25)12-14-28(29)36-19-23-9-6-8-22-7-4-5-10-26(22)23/h4-17H,3,19H2,1-2H3,(H,33,34)/b24-15+. The summed E-state index contributed by atoms with van der Waals surface area (Å²) in [5.74, 6) is 0.598. The number of carbonyl (C=O) groups is 1. The molecule has 0 aliphatic carbocycles. The van der Waals surface area contributed by atoms with Crippen molar-refractivity contribution in [3.8, 4) is 17.6 Å². The van der Waals surface area contributed by atoms with Gasteiger partial charge in [0.2, 0.25) is 0 Å². The highest BCUT2D eigenvalue weighted by Crippen LogP contribution is 2.31. The van der Waals surface area contributed by atoms with E-state index < -0.39 is 5.91 Å².